The van der Waals surface area contributed by atoms with Gasteiger partial charge >= 0.3 is 0 Å². The van der Waals surface area contributed by atoms with Gasteiger partial charge in [0.05, 0.1) is 12.2 Å². The molecule has 0 spiro atoms. The largest absolute Gasteiger partial charge is 0.310 e. The normalized spacial score (nSPS) is 10.9. The van der Waals surface area contributed by atoms with Gasteiger partial charge in [-0.05, 0) is 25.6 Å². The van der Waals surface area contributed by atoms with Crippen LogP contribution in [-0.4, -0.2) is 34.2 Å². The van der Waals surface area contributed by atoms with Crippen LogP contribution in [0.1, 0.15) is 11.3 Å². The second-order valence-corrected chi connectivity index (χ2v) is 5.51. The number of carbonyl (C=O) groups excluding carboxylic acids is 1. The highest BCUT2D eigenvalue weighted by Crippen LogP contribution is 2.16. The monoisotopic (exact) mass is 306 g/mol. The Balaban J connectivity index is 1.90. The molecule has 5 nitrogen and oxygen atoms in total. The van der Waals surface area contributed by atoms with Crippen molar-refractivity contribution in [2.75, 3.05) is 18.9 Å². The minimum absolute atomic E-state index is 0.0763. The van der Waals surface area contributed by atoms with E-state index in [0.29, 0.717) is 17.4 Å². The average Bonchev–Trinajstić information content (AvgIpc) is 2.70. The number of carbonyl (C=O) groups is 1. The Morgan fingerprint density at radius 2 is 2.14 bits per heavy atom. The predicted octanol–water partition coefficient (Wildman–Crippen LogP) is 2.45. The van der Waals surface area contributed by atoms with E-state index in [-0.39, 0.29) is 12.5 Å². The first-order valence-corrected chi connectivity index (χ1v) is 7.06. The van der Waals surface area contributed by atoms with Gasteiger partial charge in [0.25, 0.3) is 0 Å². The molecule has 6 heteroatoms. The number of anilines is 1. The number of halogens is 1. The summed E-state index contributed by atoms with van der Waals surface area (Å²) < 4.78 is 1.65. The highest BCUT2D eigenvalue weighted by molar-refractivity contribution is 6.31. The first-order chi connectivity index (χ1) is 9.95. The maximum Gasteiger partial charge on any atom is 0.239 e. The number of aromatic nitrogens is 2. The standard InChI is InChI=1S/C15H19ClN4O/c1-11-8-14(20(3)18-11)17-15(21)10-19(2)9-12-6-4-5-7-13(12)16/h4-8H,9-10H2,1-3H3,(H,17,21). The molecule has 0 saturated carbocycles. The Labute approximate surface area is 129 Å². The van der Waals surface area contributed by atoms with Crippen molar-refractivity contribution < 1.29 is 4.79 Å². The second kappa shape index (κ2) is 6.74. The second-order valence-electron chi connectivity index (χ2n) is 5.11. The highest BCUT2D eigenvalue weighted by Gasteiger charge is 2.11. The van der Waals surface area contributed by atoms with Gasteiger partial charge in [0.1, 0.15) is 5.82 Å². The van der Waals surface area contributed by atoms with Gasteiger partial charge in [-0.2, -0.15) is 5.10 Å². The topological polar surface area (TPSA) is 50.2 Å². The molecule has 0 aliphatic rings. The van der Waals surface area contributed by atoms with Crippen molar-refractivity contribution in [3.63, 3.8) is 0 Å². The molecule has 0 unspecified atom stereocenters. The highest BCUT2D eigenvalue weighted by atomic mass is 35.5. The molecule has 0 atom stereocenters. The van der Waals surface area contributed by atoms with Crippen LogP contribution in [0.2, 0.25) is 5.02 Å². The number of nitrogens with zero attached hydrogens (tertiary/aromatic N) is 3. The zero-order chi connectivity index (χ0) is 15.4. The summed E-state index contributed by atoms with van der Waals surface area (Å²) in [5.41, 5.74) is 1.88. The van der Waals surface area contributed by atoms with Crippen molar-refractivity contribution in [3.05, 3.63) is 46.6 Å². The summed E-state index contributed by atoms with van der Waals surface area (Å²) in [6.07, 6.45) is 0. The van der Waals surface area contributed by atoms with Gasteiger partial charge < -0.3 is 5.32 Å². The van der Waals surface area contributed by atoms with Crippen LogP contribution in [-0.2, 0) is 18.4 Å². The minimum atomic E-state index is -0.0763. The van der Waals surface area contributed by atoms with E-state index in [4.69, 9.17) is 11.6 Å². The fourth-order valence-corrected chi connectivity index (χ4v) is 2.32. The Morgan fingerprint density at radius 1 is 1.43 bits per heavy atom. The van der Waals surface area contributed by atoms with Gasteiger partial charge in [0.2, 0.25) is 5.91 Å². The fraction of sp³-hybridized carbons (Fsp3) is 0.333. The molecule has 1 amide bonds. The van der Waals surface area contributed by atoms with E-state index >= 15 is 0 Å². The van der Waals surface area contributed by atoms with Crippen LogP contribution in [0.5, 0.6) is 0 Å². The zero-order valence-corrected chi connectivity index (χ0v) is 13.2. The van der Waals surface area contributed by atoms with E-state index in [1.165, 1.54) is 0 Å². The summed E-state index contributed by atoms with van der Waals surface area (Å²) in [6, 6.07) is 9.48. The van der Waals surface area contributed by atoms with Crippen molar-refractivity contribution in [1.29, 1.82) is 0 Å². The van der Waals surface area contributed by atoms with E-state index in [1.807, 2.05) is 49.2 Å². The third-order valence-electron chi connectivity index (χ3n) is 3.08. The first kappa shape index (κ1) is 15.5. The number of benzene rings is 1. The van der Waals surface area contributed by atoms with Crippen LogP contribution in [0.3, 0.4) is 0 Å². The molecule has 1 aromatic heterocycles. The molecule has 2 aromatic rings. The van der Waals surface area contributed by atoms with Crippen LogP contribution in [0.4, 0.5) is 5.82 Å². The summed E-state index contributed by atoms with van der Waals surface area (Å²) in [5.74, 6) is 0.621. The quantitative estimate of drug-likeness (QED) is 0.923. The molecule has 0 bridgehead atoms. The summed E-state index contributed by atoms with van der Waals surface area (Å²) in [7, 11) is 3.69. The van der Waals surface area contributed by atoms with E-state index in [0.717, 1.165) is 11.3 Å². The van der Waals surface area contributed by atoms with Crippen molar-refractivity contribution >= 4 is 23.3 Å². The van der Waals surface area contributed by atoms with Gasteiger partial charge in [0, 0.05) is 24.7 Å². The van der Waals surface area contributed by atoms with Crippen LogP contribution in [0.15, 0.2) is 30.3 Å². The SMILES string of the molecule is Cc1cc(NC(=O)CN(C)Cc2ccccc2Cl)n(C)n1. The van der Waals surface area contributed by atoms with Crippen LogP contribution >= 0.6 is 11.6 Å². The molecule has 0 fully saturated rings. The van der Waals surface area contributed by atoms with Gasteiger partial charge in [-0.25, -0.2) is 0 Å². The lowest BCUT2D eigenvalue weighted by atomic mass is 10.2. The molecule has 21 heavy (non-hydrogen) atoms. The molecule has 1 heterocycles. The van der Waals surface area contributed by atoms with Gasteiger partial charge in [-0.3, -0.25) is 14.4 Å². The molecule has 0 radical (unpaired) electrons. The number of amides is 1. The molecule has 1 N–H and O–H groups in total. The molecule has 1 aromatic carbocycles. The van der Waals surface area contributed by atoms with Gasteiger partial charge in [0.15, 0.2) is 0 Å². The van der Waals surface area contributed by atoms with Crippen molar-refractivity contribution in [2.45, 2.75) is 13.5 Å². The van der Waals surface area contributed by atoms with Crippen molar-refractivity contribution in [2.24, 2.45) is 7.05 Å². The number of hydrogen-bond acceptors (Lipinski definition) is 3. The Bertz CT molecular complexity index is 638. The Morgan fingerprint density at radius 3 is 2.76 bits per heavy atom. The summed E-state index contributed by atoms with van der Waals surface area (Å²) in [6.45, 7) is 2.80. The first-order valence-electron chi connectivity index (χ1n) is 6.68. The molecule has 0 aliphatic heterocycles. The Kier molecular flexibility index (Phi) is 4.98. The third kappa shape index (κ3) is 4.31. The smallest absolute Gasteiger partial charge is 0.239 e. The van der Waals surface area contributed by atoms with Crippen molar-refractivity contribution in [1.82, 2.24) is 14.7 Å². The predicted molar refractivity (Wildman–Crippen MR) is 84.4 cm³/mol. The lowest BCUT2D eigenvalue weighted by molar-refractivity contribution is -0.117. The van der Waals surface area contributed by atoms with Crippen LogP contribution in [0.25, 0.3) is 0 Å². The zero-order valence-electron chi connectivity index (χ0n) is 12.4. The van der Waals surface area contributed by atoms with Gasteiger partial charge in [-0.15, -0.1) is 0 Å². The van der Waals surface area contributed by atoms with E-state index in [9.17, 15) is 4.79 Å². The van der Waals surface area contributed by atoms with E-state index in [2.05, 4.69) is 10.4 Å². The summed E-state index contributed by atoms with van der Waals surface area (Å²) >= 11 is 6.12. The maximum absolute atomic E-state index is 12.0. The lowest BCUT2D eigenvalue weighted by Gasteiger charge is -2.17. The third-order valence-corrected chi connectivity index (χ3v) is 3.45. The minimum Gasteiger partial charge on any atom is -0.310 e. The fourth-order valence-electron chi connectivity index (χ4n) is 2.13. The summed E-state index contributed by atoms with van der Waals surface area (Å²) in [5, 5.41) is 7.76. The average molecular weight is 307 g/mol. The molecule has 2 rings (SSSR count). The molecule has 0 saturated heterocycles. The molecular formula is C15H19ClN4O. The maximum atomic E-state index is 12.0. The van der Waals surface area contributed by atoms with E-state index in [1.54, 1.807) is 11.7 Å². The lowest BCUT2D eigenvalue weighted by Crippen LogP contribution is -2.30. The number of hydrogen-bond donors (Lipinski definition) is 1. The van der Waals surface area contributed by atoms with Gasteiger partial charge in [-0.1, -0.05) is 29.8 Å². The number of nitrogens with one attached hydrogen (secondary N) is 1. The number of likely N-dealkylation sites (N-methyl/N-ethyl adjacent to an activating group) is 1. The number of aryl methyl sites for hydroxylation is 2. The molecule has 0 aliphatic carbocycles. The molecular weight excluding hydrogens is 288 g/mol. The van der Waals surface area contributed by atoms with Crippen molar-refractivity contribution in [3.8, 4) is 0 Å². The Hall–Kier alpha value is -1.85. The summed E-state index contributed by atoms with van der Waals surface area (Å²) in [4.78, 5) is 13.9. The number of rotatable bonds is 5. The van der Waals surface area contributed by atoms with E-state index < -0.39 is 0 Å². The molecule has 112 valence electrons. The van der Waals surface area contributed by atoms with Crippen LogP contribution in [0, 0.1) is 6.92 Å². The van der Waals surface area contributed by atoms with Crippen LogP contribution < -0.4 is 5.32 Å².